The lowest BCUT2D eigenvalue weighted by atomic mass is 10.0. The third-order valence-electron chi connectivity index (χ3n) is 1.97. The van der Waals surface area contributed by atoms with E-state index in [9.17, 15) is 8.78 Å². The lowest BCUT2D eigenvalue weighted by Gasteiger charge is -2.15. The minimum Gasteiger partial charge on any atom is -0.495 e. The fourth-order valence-electron chi connectivity index (χ4n) is 1.28. The number of rotatable bonds is 2. The van der Waals surface area contributed by atoms with Gasteiger partial charge in [-0.05, 0) is 24.6 Å². The van der Waals surface area contributed by atoms with Gasteiger partial charge in [0.05, 0.1) is 12.1 Å². The molecule has 0 aliphatic heterocycles. The highest BCUT2D eigenvalue weighted by Gasteiger charge is 2.27. The number of alkyl halides is 2. The Kier molecular flexibility index (Phi) is 3.00. The van der Waals surface area contributed by atoms with Gasteiger partial charge in [-0.3, -0.25) is 0 Å². The highest BCUT2D eigenvalue weighted by atomic mass is 35.5. The van der Waals surface area contributed by atoms with E-state index in [1.807, 2.05) is 0 Å². The summed E-state index contributed by atoms with van der Waals surface area (Å²) in [6, 6.07) is 2.75. The molecule has 0 unspecified atom stereocenters. The first kappa shape index (κ1) is 11.2. The molecule has 0 atom stereocenters. The summed E-state index contributed by atoms with van der Waals surface area (Å²) in [6.07, 6.45) is 0. The van der Waals surface area contributed by atoms with E-state index in [2.05, 4.69) is 0 Å². The van der Waals surface area contributed by atoms with Crippen molar-refractivity contribution >= 4 is 11.6 Å². The molecule has 0 bridgehead atoms. The number of hydrogen-bond acceptors (Lipinski definition) is 1. The standard InChI is InChI=1S/C10H11ClF2O/c1-6-4-9(14-3)8(11)5-7(6)10(2,12)13/h4-5H,1-3H3. The molecule has 0 saturated carbocycles. The number of benzene rings is 1. The number of hydrogen-bond donors (Lipinski definition) is 0. The van der Waals surface area contributed by atoms with E-state index in [1.54, 1.807) is 6.92 Å². The Hall–Kier alpha value is -0.830. The van der Waals surface area contributed by atoms with Crippen LogP contribution in [0.2, 0.25) is 5.02 Å². The minimum absolute atomic E-state index is 0.0664. The van der Waals surface area contributed by atoms with Gasteiger partial charge in [0.15, 0.2) is 0 Å². The number of aryl methyl sites for hydroxylation is 1. The van der Waals surface area contributed by atoms with E-state index >= 15 is 0 Å². The van der Waals surface area contributed by atoms with Crippen LogP contribution >= 0.6 is 11.6 Å². The van der Waals surface area contributed by atoms with Crippen molar-refractivity contribution in [2.75, 3.05) is 7.11 Å². The first-order valence-corrected chi connectivity index (χ1v) is 4.46. The Morgan fingerprint density at radius 2 is 1.93 bits per heavy atom. The molecule has 1 rings (SSSR count). The number of halogens is 3. The molecule has 0 amide bonds. The zero-order valence-corrected chi connectivity index (χ0v) is 8.95. The number of methoxy groups -OCH3 is 1. The highest BCUT2D eigenvalue weighted by Crippen LogP contribution is 2.35. The van der Waals surface area contributed by atoms with E-state index in [4.69, 9.17) is 16.3 Å². The fourth-order valence-corrected chi connectivity index (χ4v) is 1.53. The van der Waals surface area contributed by atoms with Gasteiger partial charge in [0, 0.05) is 12.5 Å². The van der Waals surface area contributed by atoms with Gasteiger partial charge < -0.3 is 4.74 Å². The SMILES string of the molecule is COc1cc(C)c(C(C)(F)F)cc1Cl. The molecule has 1 aromatic carbocycles. The van der Waals surface area contributed by atoms with Crippen LogP contribution in [-0.4, -0.2) is 7.11 Å². The summed E-state index contributed by atoms with van der Waals surface area (Å²) in [5.41, 5.74) is 0.405. The summed E-state index contributed by atoms with van der Waals surface area (Å²) in [5.74, 6) is -2.46. The van der Waals surface area contributed by atoms with Crippen LogP contribution in [0, 0.1) is 6.92 Å². The minimum atomic E-state index is -2.88. The molecule has 1 nitrogen and oxygen atoms in total. The predicted octanol–water partition coefficient (Wildman–Crippen LogP) is 3.77. The van der Waals surface area contributed by atoms with E-state index in [0.29, 0.717) is 11.3 Å². The molecule has 0 aromatic heterocycles. The molecule has 0 saturated heterocycles. The van der Waals surface area contributed by atoms with E-state index in [0.717, 1.165) is 6.92 Å². The van der Waals surface area contributed by atoms with Crippen molar-refractivity contribution in [3.63, 3.8) is 0 Å². The van der Waals surface area contributed by atoms with E-state index < -0.39 is 5.92 Å². The van der Waals surface area contributed by atoms with Crippen LogP contribution in [-0.2, 0) is 5.92 Å². The largest absolute Gasteiger partial charge is 0.495 e. The molecule has 0 radical (unpaired) electrons. The average Bonchev–Trinajstić information content (AvgIpc) is 2.06. The molecular formula is C10H11ClF2O. The maximum absolute atomic E-state index is 13.0. The van der Waals surface area contributed by atoms with Crippen molar-refractivity contribution in [2.24, 2.45) is 0 Å². The lowest BCUT2D eigenvalue weighted by Crippen LogP contribution is -2.09. The third-order valence-corrected chi connectivity index (χ3v) is 2.27. The Morgan fingerprint density at radius 3 is 2.36 bits per heavy atom. The van der Waals surface area contributed by atoms with Crippen molar-refractivity contribution in [2.45, 2.75) is 19.8 Å². The Labute approximate surface area is 86.6 Å². The Morgan fingerprint density at radius 1 is 1.36 bits per heavy atom. The molecule has 1 aromatic rings. The number of ether oxygens (including phenoxy) is 1. The molecule has 0 fully saturated rings. The molecule has 0 heterocycles. The summed E-state index contributed by atoms with van der Waals surface area (Å²) in [7, 11) is 1.45. The third kappa shape index (κ3) is 2.15. The molecule has 0 N–H and O–H groups in total. The van der Waals surface area contributed by atoms with Crippen LogP contribution in [0.15, 0.2) is 12.1 Å². The summed E-state index contributed by atoms with van der Waals surface area (Å²) >= 11 is 5.75. The smallest absolute Gasteiger partial charge is 0.270 e. The Balaban J connectivity index is 3.29. The fraction of sp³-hybridized carbons (Fsp3) is 0.400. The van der Waals surface area contributed by atoms with Crippen LogP contribution in [0.1, 0.15) is 18.1 Å². The van der Waals surface area contributed by atoms with Gasteiger partial charge in [0.1, 0.15) is 5.75 Å². The van der Waals surface area contributed by atoms with Gasteiger partial charge in [-0.15, -0.1) is 0 Å². The van der Waals surface area contributed by atoms with Crippen LogP contribution in [0.4, 0.5) is 8.78 Å². The summed E-state index contributed by atoms with van der Waals surface area (Å²) < 4.78 is 31.0. The zero-order chi connectivity index (χ0) is 10.9. The van der Waals surface area contributed by atoms with E-state index in [-0.39, 0.29) is 10.6 Å². The second kappa shape index (κ2) is 3.73. The van der Waals surface area contributed by atoms with Crippen molar-refractivity contribution < 1.29 is 13.5 Å². The zero-order valence-electron chi connectivity index (χ0n) is 8.20. The van der Waals surface area contributed by atoms with Crippen molar-refractivity contribution in [3.8, 4) is 5.75 Å². The van der Waals surface area contributed by atoms with Gasteiger partial charge in [-0.1, -0.05) is 11.6 Å². The van der Waals surface area contributed by atoms with E-state index in [1.165, 1.54) is 19.2 Å². The highest BCUT2D eigenvalue weighted by molar-refractivity contribution is 6.32. The second-order valence-corrected chi connectivity index (χ2v) is 3.60. The maximum atomic E-state index is 13.0. The normalized spacial score (nSPS) is 11.6. The topological polar surface area (TPSA) is 9.23 Å². The van der Waals surface area contributed by atoms with Gasteiger partial charge in [-0.25, -0.2) is 8.78 Å². The van der Waals surface area contributed by atoms with Crippen LogP contribution in [0.5, 0.6) is 5.75 Å². The van der Waals surface area contributed by atoms with Crippen molar-refractivity contribution in [1.82, 2.24) is 0 Å². The van der Waals surface area contributed by atoms with Crippen molar-refractivity contribution in [1.29, 1.82) is 0 Å². The maximum Gasteiger partial charge on any atom is 0.270 e. The molecule has 0 aliphatic carbocycles. The first-order valence-electron chi connectivity index (χ1n) is 4.08. The molecule has 4 heteroatoms. The second-order valence-electron chi connectivity index (χ2n) is 3.19. The Bertz CT molecular complexity index is 345. The summed E-state index contributed by atoms with van der Waals surface area (Å²) in [4.78, 5) is 0. The van der Waals surface area contributed by atoms with Crippen LogP contribution in [0.3, 0.4) is 0 Å². The molecular weight excluding hydrogens is 210 g/mol. The van der Waals surface area contributed by atoms with Crippen molar-refractivity contribution in [3.05, 3.63) is 28.3 Å². The predicted molar refractivity (Wildman–Crippen MR) is 52.3 cm³/mol. The average molecular weight is 221 g/mol. The molecule has 78 valence electrons. The van der Waals surface area contributed by atoms with Gasteiger partial charge in [0.25, 0.3) is 5.92 Å². The molecule has 14 heavy (non-hydrogen) atoms. The lowest BCUT2D eigenvalue weighted by molar-refractivity contribution is 0.0168. The van der Waals surface area contributed by atoms with Crippen LogP contribution in [0.25, 0.3) is 0 Å². The summed E-state index contributed by atoms with van der Waals surface area (Å²) in [6.45, 7) is 2.45. The quantitative estimate of drug-likeness (QED) is 0.737. The van der Waals surface area contributed by atoms with Gasteiger partial charge in [-0.2, -0.15) is 0 Å². The molecule has 0 aliphatic rings. The van der Waals surface area contributed by atoms with Crippen LogP contribution < -0.4 is 4.74 Å². The summed E-state index contributed by atoms with van der Waals surface area (Å²) in [5, 5.41) is 0.203. The molecule has 0 spiro atoms. The monoisotopic (exact) mass is 220 g/mol. The first-order chi connectivity index (χ1) is 6.36. The van der Waals surface area contributed by atoms with Gasteiger partial charge in [0.2, 0.25) is 0 Å². The van der Waals surface area contributed by atoms with Gasteiger partial charge >= 0.3 is 0 Å².